The second-order valence-electron chi connectivity index (χ2n) is 5.11. The summed E-state index contributed by atoms with van der Waals surface area (Å²) >= 11 is 0. The van der Waals surface area contributed by atoms with Crippen LogP contribution in [0.3, 0.4) is 0 Å². The van der Waals surface area contributed by atoms with Gasteiger partial charge in [-0.25, -0.2) is 0 Å². The van der Waals surface area contributed by atoms with Gasteiger partial charge in [0, 0.05) is 19.6 Å². The lowest BCUT2D eigenvalue weighted by Gasteiger charge is -2.39. The molecule has 3 atom stereocenters. The third-order valence-corrected chi connectivity index (χ3v) is 3.82. The van der Waals surface area contributed by atoms with E-state index in [1.165, 1.54) is 6.92 Å². The number of esters is 1. The molecule has 0 aromatic heterocycles. The Balaban J connectivity index is 6.28. The number of hydrogen-bond donors (Lipinski definition) is 0. The highest BCUT2D eigenvalue weighted by molar-refractivity contribution is 5.83. The lowest BCUT2D eigenvalue weighted by molar-refractivity contribution is -0.160. The van der Waals surface area contributed by atoms with Crippen molar-refractivity contribution >= 4 is 5.97 Å². The second-order valence-corrected chi connectivity index (χ2v) is 5.11. The van der Waals surface area contributed by atoms with E-state index in [4.69, 9.17) is 14.2 Å². The molecule has 0 saturated heterocycles. The van der Waals surface area contributed by atoms with E-state index in [0.29, 0.717) is 6.61 Å². The molecule has 0 bridgehead atoms. The molecule has 23 heavy (non-hydrogen) atoms. The molecule has 0 aliphatic rings. The molecular formula is C16H23N3O4. The van der Waals surface area contributed by atoms with Crippen molar-refractivity contribution in [2.45, 2.75) is 46.3 Å². The molecule has 0 heterocycles. The lowest BCUT2D eigenvalue weighted by atomic mass is 9.60. The van der Waals surface area contributed by atoms with Gasteiger partial charge in [-0.2, -0.15) is 15.8 Å². The molecule has 0 N–H and O–H groups in total. The number of carbonyl (C=O) groups is 1. The molecule has 0 aliphatic carbocycles. The Morgan fingerprint density at radius 2 is 1.57 bits per heavy atom. The number of carbonyl (C=O) groups excluding carboxylic acids is 1. The van der Waals surface area contributed by atoms with Gasteiger partial charge in [0.25, 0.3) is 0 Å². The van der Waals surface area contributed by atoms with Crippen LogP contribution >= 0.6 is 0 Å². The maximum absolute atomic E-state index is 12.4. The Hall–Kier alpha value is -2.14. The molecule has 0 radical (unpaired) electrons. The minimum atomic E-state index is -2.02. The van der Waals surface area contributed by atoms with Gasteiger partial charge >= 0.3 is 5.97 Å². The summed E-state index contributed by atoms with van der Waals surface area (Å²) in [5, 5.41) is 29.1. The summed E-state index contributed by atoms with van der Waals surface area (Å²) < 4.78 is 15.5. The van der Waals surface area contributed by atoms with Gasteiger partial charge in [-0.3, -0.25) is 4.79 Å². The Bertz CT molecular complexity index is 515. The van der Waals surface area contributed by atoms with Crippen molar-refractivity contribution in [3.63, 3.8) is 0 Å². The minimum absolute atomic E-state index is 0.150. The smallest absolute Gasteiger partial charge is 0.329 e. The highest BCUT2D eigenvalue weighted by Gasteiger charge is 2.63. The number of hydrogen-bond acceptors (Lipinski definition) is 7. The van der Waals surface area contributed by atoms with Crippen LogP contribution in [0.4, 0.5) is 0 Å². The van der Waals surface area contributed by atoms with E-state index in [-0.39, 0.29) is 13.0 Å². The summed E-state index contributed by atoms with van der Waals surface area (Å²) in [5.74, 6) is -0.943. The first kappa shape index (κ1) is 20.9. The molecule has 126 valence electrons. The van der Waals surface area contributed by atoms with Crippen LogP contribution in [0.25, 0.3) is 0 Å². The van der Waals surface area contributed by atoms with Gasteiger partial charge in [-0.1, -0.05) is 0 Å². The zero-order valence-corrected chi connectivity index (χ0v) is 14.3. The predicted molar refractivity (Wildman–Crippen MR) is 80.5 cm³/mol. The van der Waals surface area contributed by atoms with E-state index in [1.807, 2.05) is 18.2 Å². The summed E-state index contributed by atoms with van der Waals surface area (Å²) in [4.78, 5) is 12.4. The van der Waals surface area contributed by atoms with E-state index in [2.05, 4.69) is 0 Å². The largest absolute Gasteiger partial charge is 0.468 e. The van der Waals surface area contributed by atoms with Gasteiger partial charge in [0.15, 0.2) is 10.8 Å². The predicted octanol–water partition coefficient (Wildman–Crippen LogP) is 1.94. The maximum atomic E-state index is 12.4. The average Bonchev–Trinajstić information content (AvgIpc) is 2.54. The number of methoxy groups -OCH3 is 1. The number of nitriles is 3. The second kappa shape index (κ2) is 9.10. The quantitative estimate of drug-likeness (QED) is 0.596. The van der Waals surface area contributed by atoms with Crippen LogP contribution in [0.5, 0.6) is 0 Å². The summed E-state index contributed by atoms with van der Waals surface area (Å²) in [6.07, 6.45) is -1.63. The highest BCUT2D eigenvalue weighted by atomic mass is 16.5. The van der Waals surface area contributed by atoms with Crippen molar-refractivity contribution < 1.29 is 19.0 Å². The standard InChI is InChI=1S/C16H23N3O4/c1-6-22-12(3)8-15(9-17,14(20)21-5)16(10-18,11-19)13(4)23-7-2/h12-13H,6-8H2,1-5H3. The molecule has 0 aliphatic heterocycles. The third kappa shape index (κ3) is 3.79. The number of nitrogens with zero attached hydrogens (tertiary/aromatic N) is 3. The van der Waals surface area contributed by atoms with Crippen molar-refractivity contribution in [3.8, 4) is 18.2 Å². The molecule has 7 heteroatoms. The van der Waals surface area contributed by atoms with Crippen molar-refractivity contribution in [3.05, 3.63) is 0 Å². The molecule has 0 fully saturated rings. The minimum Gasteiger partial charge on any atom is -0.468 e. The van der Waals surface area contributed by atoms with Crippen LogP contribution < -0.4 is 0 Å². The maximum Gasteiger partial charge on any atom is 0.329 e. The third-order valence-electron chi connectivity index (χ3n) is 3.82. The van der Waals surface area contributed by atoms with Crippen LogP contribution in [0, 0.1) is 44.8 Å². The first-order valence-corrected chi connectivity index (χ1v) is 7.41. The molecule has 0 rings (SSSR count). The summed E-state index contributed by atoms with van der Waals surface area (Å²) in [6, 6.07) is 5.54. The first-order valence-electron chi connectivity index (χ1n) is 7.41. The molecular weight excluding hydrogens is 298 g/mol. The van der Waals surface area contributed by atoms with E-state index in [0.717, 1.165) is 7.11 Å². The zero-order chi connectivity index (χ0) is 18.1. The highest BCUT2D eigenvalue weighted by Crippen LogP contribution is 2.47. The van der Waals surface area contributed by atoms with Gasteiger partial charge in [-0.15, -0.1) is 0 Å². The van der Waals surface area contributed by atoms with Gasteiger partial charge < -0.3 is 14.2 Å². The Labute approximate surface area is 137 Å². The lowest BCUT2D eigenvalue weighted by Crippen LogP contribution is -2.54. The van der Waals surface area contributed by atoms with Crippen LogP contribution in [0.2, 0.25) is 0 Å². The topological polar surface area (TPSA) is 116 Å². The van der Waals surface area contributed by atoms with Crippen molar-refractivity contribution in [2.24, 2.45) is 10.8 Å². The molecule has 0 spiro atoms. The molecule has 0 amide bonds. The van der Waals surface area contributed by atoms with Gasteiger partial charge in [0.05, 0.1) is 37.5 Å². The van der Waals surface area contributed by atoms with Crippen LogP contribution in [0.15, 0.2) is 0 Å². The first-order chi connectivity index (χ1) is 10.8. The fraction of sp³-hybridized carbons (Fsp3) is 0.750. The van der Waals surface area contributed by atoms with Crippen molar-refractivity contribution in [1.82, 2.24) is 0 Å². The van der Waals surface area contributed by atoms with Gasteiger partial charge in [0.2, 0.25) is 0 Å². The van der Waals surface area contributed by atoms with Crippen molar-refractivity contribution in [1.29, 1.82) is 15.8 Å². The summed E-state index contributed by atoms with van der Waals surface area (Å²) in [7, 11) is 1.12. The zero-order valence-electron chi connectivity index (χ0n) is 14.3. The monoisotopic (exact) mass is 321 g/mol. The van der Waals surface area contributed by atoms with E-state index in [1.54, 1.807) is 20.8 Å². The summed E-state index contributed by atoms with van der Waals surface area (Å²) in [5.41, 5.74) is -4.04. The van der Waals surface area contributed by atoms with Crippen LogP contribution in [0.1, 0.15) is 34.1 Å². The molecule has 0 aromatic carbocycles. The average molecular weight is 321 g/mol. The van der Waals surface area contributed by atoms with Gasteiger partial charge in [0.1, 0.15) is 0 Å². The molecule has 3 unspecified atom stereocenters. The fourth-order valence-corrected chi connectivity index (χ4v) is 2.65. The number of rotatable bonds is 9. The van der Waals surface area contributed by atoms with Crippen LogP contribution in [-0.4, -0.2) is 38.5 Å². The number of ether oxygens (including phenoxy) is 3. The van der Waals surface area contributed by atoms with Crippen LogP contribution in [-0.2, 0) is 19.0 Å². The van der Waals surface area contributed by atoms with E-state index in [9.17, 15) is 20.6 Å². The molecule has 7 nitrogen and oxygen atoms in total. The Kier molecular flexibility index (Phi) is 8.25. The normalized spacial score (nSPS) is 16.1. The van der Waals surface area contributed by atoms with Gasteiger partial charge in [-0.05, 0) is 27.7 Å². The molecule has 0 saturated carbocycles. The van der Waals surface area contributed by atoms with E-state index < -0.39 is 29.0 Å². The summed E-state index contributed by atoms with van der Waals surface area (Å²) in [6.45, 7) is 7.24. The molecule has 0 aromatic rings. The SMILES string of the molecule is CCOC(C)CC(C#N)(C(=O)OC)C(C#N)(C#N)C(C)OCC. The Morgan fingerprint density at radius 1 is 1.04 bits per heavy atom. The van der Waals surface area contributed by atoms with Crippen molar-refractivity contribution in [2.75, 3.05) is 20.3 Å². The van der Waals surface area contributed by atoms with E-state index >= 15 is 0 Å². The Morgan fingerprint density at radius 3 is 1.91 bits per heavy atom. The fourth-order valence-electron chi connectivity index (χ4n) is 2.65.